The number of alkyl carbamates (subject to hydrolysis) is 4. The molecule has 1 aromatic heterocycles. The van der Waals surface area contributed by atoms with Crippen molar-refractivity contribution in [2.75, 3.05) is 43.9 Å². The number of hydrogen-bond acceptors (Lipinski definition) is 18. The van der Waals surface area contributed by atoms with Crippen LogP contribution in [-0.2, 0) is 42.7 Å². The quantitative estimate of drug-likeness (QED) is 0.0265. The Balaban J connectivity index is 2.73. The number of fused-ring (bicyclic) bond motifs is 1. The summed E-state index contributed by atoms with van der Waals surface area (Å²) >= 11 is 0. The van der Waals surface area contributed by atoms with Crippen LogP contribution in [-0.4, -0.2) is 156 Å². The highest BCUT2D eigenvalue weighted by Crippen LogP contribution is 2.33. The molecule has 25 nitrogen and oxygen atoms in total. The summed E-state index contributed by atoms with van der Waals surface area (Å²) < 4.78 is 39.7. The number of anilines is 2. The number of nitrogens with one attached hydrogen (secondary N) is 6. The zero-order valence-corrected chi connectivity index (χ0v) is 46.7. The number of esters is 2. The molecule has 5 atom stereocenters. The number of aromatic amines is 1. The van der Waals surface area contributed by atoms with Crippen LogP contribution in [0.5, 0.6) is 0 Å². The number of hydrogen-bond donors (Lipinski definition) is 6. The first-order valence-electron chi connectivity index (χ1n) is 24.8. The molecule has 1 aliphatic rings. The van der Waals surface area contributed by atoms with Gasteiger partial charge in [0, 0.05) is 33.7 Å². The van der Waals surface area contributed by atoms with Crippen LogP contribution >= 0.6 is 0 Å². The largest absolute Gasteiger partial charge is 0.457 e. The second kappa shape index (κ2) is 27.1. The van der Waals surface area contributed by atoms with Crippen molar-refractivity contribution < 1.29 is 66.7 Å². The van der Waals surface area contributed by atoms with Gasteiger partial charge in [0.25, 0.3) is 0 Å². The van der Waals surface area contributed by atoms with Gasteiger partial charge in [-0.1, -0.05) is 0 Å². The second-order valence-electron chi connectivity index (χ2n) is 22.9. The van der Waals surface area contributed by atoms with Crippen LogP contribution in [0.1, 0.15) is 149 Å². The number of amides is 5. The zero-order valence-electron chi connectivity index (χ0n) is 46.7. The molecule has 5 amide bonds. The molecule has 0 aromatic carbocycles. The van der Waals surface area contributed by atoms with Crippen molar-refractivity contribution in [3.05, 3.63) is 10.4 Å². The van der Waals surface area contributed by atoms with Crippen LogP contribution < -0.4 is 37.0 Å². The molecule has 2 heterocycles. The fraction of sp³-hybridized carbons (Fsp3) is 0.755. The molecule has 25 heteroatoms. The highest BCUT2D eigenvalue weighted by Gasteiger charge is 2.47. The van der Waals surface area contributed by atoms with E-state index in [2.05, 4.69) is 41.5 Å². The summed E-state index contributed by atoms with van der Waals surface area (Å²) in [4.78, 5) is 122. The first-order chi connectivity index (χ1) is 33.8. The number of carbonyl (C=O) groups excluding carboxylic acids is 7. The Morgan fingerprint density at radius 1 is 0.662 bits per heavy atom. The van der Waals surface area contributed by atoms with Gasteiger partial charge in [0.05, 0.1) is 12.4 Å². The first-order valence-corrected chi connectivity index (χ1v) is 24.8. The average molecular weight is 1050 g/mol. The number of ether oxygens (including phenoxy) is 7. The molecule has 2 rings (SSSR count). The van der Waals surface area contributed by atoms with E-state index in [4.69, 9.17) is 33.2 Å². The number of aromatic nitrogens is 2. The molecular weight excluding hydrogens is 969 g/mol. The van der Waals surface area contributed by atoms with Crippen molar-refractivity contribution in [1.29, 1.82) is 0 Å². The third kappa shape index (κ3) is 24.9. The van der Waals surface area contributed by atoms with Crippen LogP contribution in [0.25, 0.3) is 0 Å². The van der Waals surface area contributed by atoms with E-state index < -0.39 is 106 Å². The van der Waals surface area contributed by atoms with Gasteiger partial charge in [0.1, 0.15) is 52.0 Å². The fourth-order valence-electron chi connectivity index (χ4n) is 6.69. The van der Waals surface area contributed by atoms with Crippen molar-refractivity contribution in [2.24, 2.45) is 4.99 Å². The van der Waals surface area contributed by atoms with E-state index in [9.17, 15) is 38.4 Å². The number of aliphatic imine (C=N–C) groups is 1. The molecule has 0 spiro atoms. The molecule has 1 aromatic rings. The maximum absolute atomic E-state index is 14.7. The molecule has 5 unspecified atom stereocenters. The van der Waals surface area contributed by atoms with Crippen molar-refractivity contribution in [3.63, 3.8) is 0 Å². The molecule has 6 N–H and O–H groups in total. The van der Waals surface area contributed by atoms with Gasteiger partial charge in [-0.3, -0.25) is 9.69 Å². The molecular formula is C49H84N10O15. The number of carbonyl (C=O) groups is 7. The van der Waals surface area contributed by atoms with E-state index in [-0.39, 0.29) is 62.8 Å². The molecule has 0 aliphatic carbocycles. The normalized spacial score (nSPS) is 15.6. The summed E-state index contributed by atoms with van der Waals surface area (Å²) in [5.74, 6) is -2.15. The predicted octanol–water partition coefficient (Wildman–Crippen LogP) is 6.55. The van der Waals surface area contributed by atoms with Crippen molar-refractivity contribution in [3.8, 4) is 0 Å². The molecule has 74 heavy (non-hydrogen) atoms. The lowest BCUT2D eigenvalue weighted by atomic mass is 10.0. The lowest BCUT2D eigenvalue weighted by Crippen LogP contribution is -2.61. The van der Waals surface area contributed by atoms with E-state index >= 15 is 0 Å². The first kappa shape index (κ1) is 63.6. The van der Waals surface area contributed by atoms with E-state index in [1.807, 2.05) is 0 Å². The van der Waals surface area contributed by atoms with Gasteiger partial charge in [-0.2, -0.15) is 4.98 Å². The maximum Gasteiger partial charge on any atom is 0.415 e. The minimum Gasteiger partial charge on any atom is -0.457 e. The molecule has 0 saturated carbocycles. The molecule has 420 valence electrons. The van der Waals surface area contributed by atoms with E-state index in [1.165, 1.54) is 13.3 Å². The summed E-state index contributed by atoms with van der Waals surface area (Å²) in [7, 11) is 3.42. The van der Waals surface area contributed by atoms with Crippen LogP contribution in [0.15, 0.2) is 9.79 Å². The topological polar surface area (TPSA) is 309 Å². The van der Waals surface area contributed by atoms with Gasteiger partial charge < -0.3 is 69.6 Å². The molecule has 0 saturated heterocycles. The SMILES string of the molecule is CC(OC(=O)C(CCCCNC(=O)OC(C)(C)C)NC(=O)OC(C)(C)C)C(OC(=O)C(CCCCNC(=O)OC(C)(C)C)NC(=O)OC(C)(C)C)C1CNc2[nH]c(/N=C/N(C)C)nc(=O)c2N1C(=O)OC(C)(C)C. The number of nitrogens with zero attached hydrogens (tertiary/aromatic N) is 4. The molecule has 0 fully saturated rings. The number of rotatable bonds is 20. The summed E-state index contributed by atoms with van der Waals surface area (Å²) in [5.41, 5.74) is -5.81. The van der Waals surface area contributed by atoms with Gasteiger partial charge >= 0.3 is 48.0 Å². The number of H-pyrrole nitrogens is 1. The van der Waals surface area contributed by atoms with E-state index in [0.29, 0.717) is 12.8 Å². The fourth-order valence-corrected chi connectivity index (χ4v) is 6.69. The molecule has 0 radical (unpaired) electrons. The number of unbranched alkanes of at least 4 members (excludes halogenated alkanes) is 2. The van der Waals surface area contributed by atoms with Gasteiger partial charge in [-0.15, -0.1) is 0 Å². The minimum absolute atomic E-state index is 0.0139. The Morgan fingerprint density at radius 2 is 1.08 bits per heavy atom. The van der Waals surface area contributed by atoms with Crippen LogP contribution in [0.3, 0.4) is 0 Å². The van der Waals surface area contributed by atoms with Gasteiger partial charge in [-0.25, -0.2) is 38.6 Å². The Labute approximate surface area is 435 Å². The maximum atomic E-state index is 14.7. The smallest absolute Gasteiger partial charge is 0.415 e. The van der Waals surface area contributed by atoms with Gasteiger partial charge in [0.2, 0.25) is 5.95 Å². The van der Waals surface area contributed by atoms with Crippen molar-refractivity contribution in [2.45, 2.75) is 208 Å². The lowest BCUT2D eigenvalue weighted by Gasteiger charge is -2.42. The Bertz CT molecular complexity index is 2170. The Kier molecular flexibility index (Phi) is 23.3. The van der Waals surface area contributed by atoms with Gasteiger partial charge in [-0.05, 0) is 149 Å². The monoisotopic (exact) mass is 1050 g/mol. The highest BCUT2D eigenvalue weighted by atomic mass is 16.6. The van der Waals surface area contributed by atoms with E-state index in [0.717, 1.165) is 4.90 Å². The van der Waals surface area contributed by atoms with E-state index in [1.54, 1.807) is 123 Å². The predicted molar refractivity (Wildman–Crippen MR) is 276 cm³/mol. The van der Waals surface area contributed by atoms with Crippen molar-refractivity contribution in [1.82, 2.24) is 36.1 Å². The molecule has 0 bridgehead atoms. The summed E-state index contributed by atoms with van der Waals surface area (Å²) in [6, 6.07) is -4.19. The Hall–Kier alpha value is -6.56. The van der Waals surface area contributed by atoms with Crippen LogP contribution in [0.4, 0.5) is 41.4 Å². The van der Waals surface area contributed by atoms with Crippen LogP contribution in [0.2, 0.25) is 0 Å². The molecule has 1 aliphatic heterocycles. The summed E-state index contributed by atoms with van der Waals surface area (Å²) in [5, 5.41) is 13.5. The lowest BCUT2D eigenvalue weighted by molar-refractivity contribution is -0.171. The highest BCUT2D eigenvalue weighted by molar-refractivity contribution is 5.94. The zero-order chi connectivity index (χ0) is 56.6. The third-order valence-electron chi connectivity index (χ3n) is 9.47. The average Bonchev–Trinajstić information content (AvgIpc) is 3.20. The second-order valence-corrected chi connectivity index (χ2v) is 22.9. The van der Waals surface area contributed by atoms with Gasteiger partial charge in [0.15, 0.2) is 11.8 Å². The standard InChI is InChI=1S/C49H84N10O15/c1-29(68-37(61)30(54-42(65)72-47(8,9)10)23-19-21-25-50-40(63)70-45(2,3)4)34(69-38(62)31(55-43(66)73-48(11,12)13)24-20-22-26-51-41(64)71-46(5,6)7)32-27-52-35-33(59(32)44(67)74-49(14,15)16)36(60)57-39(56-35)53-28-58(17)18/h28-32,34H,19-27H2,1-18H3,(H,50,63)(H,51,64)(H,54,65)(H,55,66)(H2,52,56,57,60)/b53-28+. The van der Waals surface area contributed by atoms with Crippen LogP contribution in [0, 0.1) is 0 Å². The summed E-state index contributed by atoms with van der Waals surface area (Å²) in [6.07, 6.45) is -4.88. The van der Waals surface area contributed by atoms with Crippen molar-refractivity contribution >= 4 is 66.2 Å². The third-order valence-corrected chi connectivity index (χ3v) is 9.47. The summed E-state index contributed by atoms with van der Waals surface area (Å²) in [6.45, 7) is 26.4. The Morgan fingerprint density at radius 3 is 1.50 bits per heavy atom. The minimum atomic E-state index is -1.66.